The first-order chi connectivity index (χ1) is 4.29. The molecule has 5 heteroatoms. The van der Waals surface area contributed by atoms with E-state index in [4.69, 9.17) is 5.11 Å². The minimum absolute atomic E-state index is 0.391. The van der Waals surface area contributed by atoms with Crippen LogP contribution in [0.5, 0.6) is 0 Å². The normalized spacial score (nSPS) is 13.6. The van der Waals surface area contributed by atoms with Gasteiger partial charge in [0.15, 0.2) is 4.34 Å². The first-order valence-electron chi connectivity index (χ1n) is 2.40. The molecule has 50 valence electrons. The molecule has 1 atom stereocenters. The average Bonchev–Trinajstić information content (AvgIpc) is 2.15. The molecule has 0 saturated heterocycles. The standard InChI is InChI=1S/C4H6N2OS2/c1-3(7)9-4-6-5-2-8-4/h2-3,7H,1H3. The molecule has 0 aliphatic heterocycles. The largest absolute Gasteiger partial charge is 0.382 e. The van der Waals surface area contributed by atoms with Gasteiger partial charge in [-0.05, 0) is 6.92 Å². The first-order valence-corrected chi connectivity index (χ1v) is 4.16. The van der Waals surface area contributed by atoms with E-state index >= 15 is 0 Å². The molecule has 1 N–H and O–H groups in total. The van der Waals surface area contributed by atoms with E-state index < -0.39 is 5.44 Å². The van der Waals surface area contributed by atoms with E-state index in [2.05, 4.69) is 10.2 Å². The van der Waals surface area contributed by atoms with E-state index in [-0.39, 0.29) is 0 Å². The van der Waals surface area contributed by atoms with Gasteiger partial charge in [0.2, 0.25) is 0 Å². The smallest absolute Gasteiger partial charge is 0.176 e. The van der Waals surface area contributed by atoms with Crippen LogP contribution in [0.1, 0.15) is 6.92 Å². The topological polar surface area (TPSA) is 46.0 Å². The molecule has 0 radical (unpaired) electrons. The molecule has 0 aromatic carbocycles. The summed E-state index contributed by atoms with van der Waals surface area (Å²) in [7, 11) is 0. The summed E-state index contributed by atoms with van der Waals surface area (Å²) in [5.74, 6) is 0. The van der Waals surface area contributed by atoms with Crippen LogP contribution in [-0.2, 0) is 0 Å². The van der Waals surface area contributed by atoms with E-state index in [1.807, 2.05) is 0 Å². The second-order valence-corrected chi connectivity index (χ2v) is 3.82. The third kappa shape index (κ3) is 2.30. The molecule has 1 unspecified atom stereocenters. The lowest BCUT2D eigenvalue weighted by molar-refractivity contribution is 0.284. The van der Waals surface area contributed by atoms with Crippen LogP contribution >= 0.6 is 23.1 Å². The van der Waals surface area contributed by atoms with Gasteiger partial charge in [-0.2, -0.15) is 0 Å². The molecule has 0 bridgehead atoms. The lowest BCUT2D eigenvalue weighted by Gasteiger charge is -1.95. The molecule has 3 nitrogen and oxygen atoms in total. The minimum Gasteiger partial charge on any atom is -0.382 e. The quantitative estimate of drug-likeness (QED) is 0.520. The Balaban J connectivity index is 2.48. The van der Waals surface area contributed by atoms with Gasteiger partial charge in [0.05, 0.1) is 0 Å². The van der Waals surface area contributed by atoms with Crippen LogP contribution in [0.4, 0.5) is 0 Å². The molecule has 1 rings (SSSR count). The third-order valence-corrected chi connectivity index (χ3v) is 2.30. The Morgan fingerprint density at radius 1 is 1.89 bits per heavy atom. The van der Waals surface area contributed by atoms with Crippen LogP contribution in [0.15, 0.2) is 9.85 Å². The van der Waals surface area contributed by atoms with Gasteiger partial charge in [0, 0.05) is 0 Å². The van der Waals surface area contributed by atoms with Crippen molar-refractivity contribution in [2.24, 2.45) is 0 Å². The van der Waals surface area contributed by atoms with Crippen LogP contribution in [0.25, 0.3) is 0 Å². The number of aromatic nitrogens is 2. The van der Waals surface area contributed by atoms with Gasteiger partial charge in [-0.25, -0.2) is 0 Å². The molecule has 0 saturated carbocycles. The van der Waals surface area contributed by atoms with Crippen molar-refractivity contribution < 1.29 is 5.11 Å². The number of hydrogen-bond donors (Lipinski definition) is 1. The van der Waals surface area contributed by atoms with E-state index in [0.29, 0.717) is 0 Å². The van der Waals surface area contributed by atoms with Crippen molar-refractivity contribution in [3.05, 3.63) is 5.51 Å². The highest BCUT2D eigenvalue weighted by atomic mass is 32.2. The van der Waals surface area contributed by atoms with Crippen LogP contribution in [0.2, 0.25) is 0 Å². The highest BCUT2D eigenvalue weighted by Gasteiger charge is 2.00. The minimum atomic E-state index is -0.391. The van der Waals surface area contributed by atoms with Crippen LogP contribution in [-0.4, -0.2) is 20.7 Å². The number of hydrogen-bond acceptors (Lipinski definition) is 5. The summed E-state index contributed by atoms with van der Waals surface area (Å²) in [4.78, 5) is 0. The van der Waals surface area contributed by atoms with Gasteiger partial charge in [-0.3, -0.25) is 0 Å². The Hall–Kier alpha value is -0.130. The van der Waals surface area contributed by atoms with Gasteiger partial charge in [-0.1, -0.05) is 23.1 Å². The number of rotatable bonds is 2. The van der Waals surface area contributed by atoms with Gasteiger partial charge in [0.25, 0.3) is 0 Å². The van der Waals surface area contributed by atoms with Crippen molar-refractivity contribution in [3.63, 3.8) is 0 Å². The summed E-state index contributed by atoms with van der Waals surface area (Å²) in [6.07, 6.45) is 0. The van der Waals surface area contributed by atoms with Crippen molar-refractivity contribution in [2.45, 2.75) is 16.7 Å². The molecule has 1 aromatic rings. The summed E-state index contributed by atoms with van der Waals surface area (Å²) in [5, 5.41) is 16.2. The maximum absolute atomic E-state index is 8.83. The van der Waals surface area contributed by atoms with E-state index in [1.165, 1.54) is 23.1 Å². The fourth-order valence-electron chi connectivity index (χ4n) is 0.360. The van der Waals surface area contributed by atoms with Crippen molar-refractivity contribution >= 4 is 23.1 Å². The Morgan fingerprint density at radius 2 is 2.67 bits per heavy atom. The lowest BCUT2D eigenvalue weighted by Crippen LogP contribution is -1.89. The fourth-order valence-corrected chi connectivity index (χ4v) is 1.79. The lowest BCUT2D eigenvalue weighted by atomic mass is 10.9. The van der Waals surface area contributed by atoms with E-state index in [0.717, 1.165) is 4.34 Å². The molecular formula is C4H6N2OS2. The van der Waals surface area contributed by atoms with Crippen LogP contribution in [0, 0.1) is 0 Å². The molecule has 1 aromatic heterocycles. The predicted octanol–water partition coefficient (Wildman–Crippen LogP) is 0.968. The molecule has 0 fully saturated rings. The van der Waals surface area contributed by atoms with E-state index in [1.54, 1.807) is 12.4 Å². The van der Waals surface area contributed by atoms with Gasteiger partial charge in [-0.15, -0.1) is 10.2 Å². The molecule has 0 aliphatic carbocycles. The molecule has 9 heavy (non-hydrogen) atoms. The number of aliphatic hydroxyl groups is 1. The van der Waals surface area contributed by atoms with Gasteiger partial charge >= 0.3 is 0 Å². The summed E-state index contributed by atoms with van der Waals surface area (Å²) in [5.41, 5.74) is 1.25. The maximum Gasteiger partial charge on any atom is 0.176 e. The maximum atomic E-state index is 8.83. The zero-order valence-corrected chi connectivity index (χ0v) is 6.45. The van der Waals surface area contributed by atoms with Crippen LogP contribution < -0.4 is 0 Å². The number of nitrogens with zero attached hydrogens (tertiary/aromatic N) is 2. The average molecular weight is 162 g/mol. The SMILES string of the molecule is CC(O)Sc1nncs1. The third-order valence-electron chi connectivity index (χ3n) is 0.611. The number of aliphatic hydroxyl groups excluding tert-OH is 1. The van der Waals surface area contributed by atoms with Crippen molar-refractivity contribution in [3.8, 4) is 0 Å². The molecule has 1 heterocycles. The predicted molar refractivity (Wildman–Crippen MR) is 37.4 cm³/mol. The molecule has 0 spiro atoms. The Labute approximate surface area is 61.1 Å². The van der Waals surface area contributed by atoms with Crippen molar-refractivity contribution in [2.75, 3.05) is 0 Å². The van der Waals surface area contributed by atoms with Gasteiger partial charge < -0.3 is 5.11 Å². The molecular weight excluding hydrogens is 156 g/mol. The first kappa shape index (κ1) is 6.98. The second-order valence-electron chi connectivity index (χ2n) is 1.42. The summed E-state index contributed by atoms with van der Waals surface area (Å²) in [6.45, 7) is 1.70. The second kappa shape index (κ2) is 3.14. The zero-order valence-electron chi connectivity index (χ0n) is 4.81. The van der Waals surface area contributed by atoms with Crippen molar-refractivity contribution in [1.29, 1.82) is 0 Å². The number of thioether (sulfide) groups is 1. The highest BCUT2D eigenvalue weighted by molar-refractivity contribution is 8.01. The Morgan fingerprint density at radius 3 is 3.11 bits per heavy atom. The van der Waals surface area contributed by atoms with Gasteiger partial charge in [0.1, 0.15) is 10.9 Å². The Bertz CT molecular complexity index is 163. The van der Waals surface area contributed by atoms with Crippen molar-refractivity contribution in [1.82, 2.24) is 10.2 Å². The molecule has 0 aliphatic rings. The van der Waals surface area contributed by atoms with E-state index in [9.17, 15) is 0 Å². The van der Waals surface area contributed by atoms with Crippen LogP contribution in [0.3, 0.4) is 0 Å². The highest BCUT2D eigenvalue weighted by Crippen LogP contribution is 2.21. The monoisotopic (exact) mass is 162 g/mol. The zero-order chi connectivity index (χ0) is 6.69. The summed E-state index contributed by atoms with van der Waals surface area (Å²) >= 11 is 2.74. The summed E-state index contributed by atoms with van der Waals surface area (Å²) < 4.78 is 0.810. The fraction of sp³-hybridized carbons (Fsp3) is 0.500. The Kier molecular flexibility index (Phi) is 2.44. The summed E-state index contributed by atoms with van der Waals surface area (Å²) in [6, 6.07) is 0. The molecule has 0 amide bonds.